The van der Waals surface area contributed by atoms with Crippen LogP contribution in [-0.2, 0) is 20.7 Å². The zero-order valence-electron chi connectivity index (χ0n) is 20.1. The van der Waals surface area contributed by atoms with Gasteiger partial charge < -0.3 is 19.5 Å². The van der Waals surface area contributed by atoms with Gasteiger partial charge in [-0.05, 0) is 60.0 Å². The maximum Gasteiger partial charge on any atom is 0.236 e. The molecule has 1 N–H and O–H groups in total. The highest BCUT2D eigenvalue weighted by atomic mass is 19.1. The van der Waals surface area contributed by atoms with Gasteiger partial charge in [-0.1, -0.05) is 0 Å². The number of aryl methyl sites for hydroxylation is 1. The van der Waals surface area contributed by atoms with E-state index in [1.807, 2.05) is 9.80 Å². The average Bonchev–Trinajstić information content (AvgIpc) is 3.26. The number of piperazine rings is 1. The van der Waals surface area contributed by atoms with Crippen LogP contribution in [0.1, 0.15) is 12.0 Å². The van der Waals surface area contributed by atoms with Gasteiger partial charge in [0.25, 0.3) is 0 Å². The second-order valence-corrected chi connectivity index (χ2v) is 9.33. The molecule has 2 aliphatic heterocycles. The minimum atomic E-state index is -0.345. The van der Waals surface area contributed by atoms with E-state index in [0.717, 1.165) is 27.7 Å². The Labute approximate surface area is 208 Å². The topological polar surface area (TPSA) is 68.9 Å². The minimum absolute atomic E-state index is 0.0324. The third-order valence-electron chi connectivity index (χ3n) is 7.04. The zero-order chi connectivity index (χ0) is 25.1. The largest absolute Gasteiger partial charge is 0.378 e. The number of amides is 2. The fourth-order valence-corrected chi connectivity index (χ4v) is 4.99. The smallest absolute Gasteiger partial charge is 0.236 e. The Morgan fingerprint density at radius 1 is 0.833 bits per heavy atom. The van der Waals surface area contributed by atoms with Gasteiger partial charge in [0.15, 0.2) is 0 Å². The van der Waals surface area contributed by atoms with E-state index < -0.39 is 0 Å². The first-order valence-corrected chi connectivity index (χ1v) is 12.4. The molecule has 5 rings (SSSR count). The molecule has 0 bridgehead atoms. The molecule has 9 heteroatoms. The standard InChI is InChI=1S/C27H30F2N4O3/c28-20-3-1-19(2-4-20)27-22(23-17-21(29)5-7-24(23)30-27)6-8-25(34)32-11-9-31(10-12-32)18-26(35)33-13-15-36-16-14-33/h1-5,7,17,30H,6,8-16,18H2. The van der Waals surface area contributed by atoms with Crippen molar-refractivity contribution in [3.8, 4) is 11.3 Å². The van der Waals surface area contributed by atoms with Crippen molar-refractivity contribution in [2.24, 2.45) is 0 Å². The number of hydrogen-bond donors (Lipinski definition) is 1. The van der Waals surface area contributed by atoms with E-state index in [2.05, 4.69) is 9.88 Å². The Morgan fingerprint density at radius 2 is 1.50 bits per heavy atom. The van der Waals surface area contributed by atoms with Crippen LogP contribution in [0.3, 0.4) is 0 Å². The number of nitrogens with zero attached hydrogens (tertiary/aromatic N) is 3. The molecule has 2 fully saturated rings. The first kappa shape index (κ1) is 24.4. The summed E-state index contributed by atoms with van der Waals surface area (Å²) >= 11 is 0. The lowest BCUT2D eigenvalue weighted by Gasteiger charge is -2.36. The number of hydrogen-bond acceptors (Lipinski definition) is 4. The second kappa shape index (κ2) is 10.8. The van der Waals surface area contributed by atoms with Gasteiger partial charge in [0.05, 0.1) is 19.8 Å². The number of benzene rings is 2. The van der Waals surface area contributed by atoms with Gasteiger partial charge >= 0.3 is 0 Å². The molecule has 36 heavy (non-hydrogen) atoms. The third-order valence-corrected chi connectivity index (χ3v) is 7.04. The van der Waals surface area contributed by atoms with Crippen molar-refractivity contribution in [3.05, 3.63) is 59.7 Å². The molecule has 1 aromatic heterocycles. The van der Waals surface area contributed by atoms with Crippen LogP contribution in [0.5, 0.6) is 0 Å². The predicted octanol–water partition coefficient (Wildman–Crippen LogP) is 3.05. The highest BCUT2D eigenvalue weighted by molar-refractivity contribution is 5.91. The van der Waals surface area contributed by atoms with Crippen molar-refractivity contribution in [1.29, 1.82) is 0 Å². The molecular formula is C27H30F2N4O3. The Hall–Kier alpha value is -3.30. The Morgan fingerprint density at radius 3 is 2.22 bits per heavy atom. The maximum atomic E-state index is 14.0. The molecule has 0 spiro atoms. The first-order valence-electron chi connectivity index (χ1n) is 12.4. The number of halogens is 2. The van der Waals surface area contributed by atoms with Gasteiger partial charge in [-0.2, -0.15) is 0 Å². The molecule has 0 atom stereocenters. The highest BCUT2D eigenvalue weighted by Gasteiger charge is 2.25. The second-order valence-electron chi connectivity index (χ2n) is 9.33. The Balaban J connectivity index is 1.21. The van der Waals surface area contributed by atoms with Gasteiger partial charge in [-0.15, -0.1) is 0 Å². The normalized spacial score (nSPS) is 17.1. The molecular weight excluding hydrogens is 466 g/mol. The molecule has 7 nitrogen and oxygen atoms in total. The Kier molecular flexibility index (Phi) is 7.29. The molecule has 0 aliphatic carbocycles. The number of carbonyl (C=O) groups is 2. The lowest BCUT2D eigenvalue weighted by atomic mass is 10.0. The molecule has 2 aromatic carbocycles. The predicted molar refractivity (Wildman–Crippen MR) is 132 cm³/mol. The number of morpholine rings is 1. The van der Waals surface area contributed by atoms with Crippen LogP contribution in [0.25, 0.3) is 22.2 Å². The summed E-state index contributed by atoms with van der Waals surface area (Å²) in [6.45, 7) is 5.25. The summed E-state index contributed by atoms with van der Waals surface area (Å²) in [5, 5.41) is 0.730. The highest BCUT2D eigenvalue weighted by Crippen LogP contribution is 2.32. The van der Waals surface area contributed by atoms with E-state index in [0.29, 0.717) is 65.4 Å². The van der Waals surface area contributed by atoms with Crippen LogP contribution < -0.4 is 0 Å². The molecule has 0 saturated carbocycles. The lowest BCUT2D eigenvalue weighted by molar-refractivity contribution is -0.137. The summed E-state index contributed by atoms with van der Waals surface area (Å²) in [5.41, 5.74) is 3.18. The SMILES string of the molecule is O=C(CCc1c(-c2ccc(F)cc2)[nH]c2ccc(F)cc12)N1CCN(CC(=O)N2CCOCC2)CC1. The van der Waals surface area contributed by atoms with Crippen LogP contribution in [0, 0.1) is 11.6 Å². The van der Waals surface area contributed by atoms with E-state index >= 15 is 0 Å². The number of nitrogens with one attached hydrogen (secondary N) is 1. The van der Waals surface area contributed by atoms with E-state index in [1.54, 1.807) is 18.2 Å². The van der Waals surface area contributed by atoms with E-state index in [9.17, 15) is 18.4 Å². The van der Waals surface area contributed by atoms with Crippen LogP contribution >= 0.6 is 0 Å². The summed E-state index contributed by atoms with van der Waals surface area (Å²) < 4.78 is 32.8. The molecule has 0 unspecified atom stereocenters. The van der Waals surface area contributed by atoms with Crippen LogP contribution in [0.2, 0.25) is 0 Å². The molecule has 2 amide bonds. The summed E-state index contributed by atoms with van der Waals surface area (Å²) in [6, 6.07) is 10.7. The zero-order valence-corrected chi connectivity index (χ0v) is 20.1. The third kappa shape index (κ3) is 5.42. The summed E-state index contributed by atoms with van der Waals surface area (Å²) in [7, 11) is 0. The van der Waals surface area contributed by atoms with Gasteiger partial charge in [0.2, 0.25) is 11.8 Å². The van der Waals surface area contributed by atoms with E-state index in [4.69, 9.17) is 4.74 Å². The van der Waals surface area contributed by atoms with Crippen LogP contribution in [-0.4, -0.2) is 90.5 Å². The number of aromatic nitrogens is 1. The van der Waals surface area contributed by atoms with Crippen molar-refractivity contribution in [2.75, 3.05) is 59.0 Å². The summed E-state index contributed by atoms with van der Waals surface area (Å²) in [6.07, 6.45) is 0.717. The monoisotopic (exact) mass is 496 g/mol. The van der Waals surface area contributed by atoms with Gasteiger partial charge in [0, 0.05) is 62.3 Å². The van der Waals surface area contributed by atoms with Crippen molar-refractivity contribution >= 4 is 22.7 Å². The van der Waals surface area contributed by atoms with Gasteiger partial charge in [-0.3, -0.25) is 14.5 Å². The van der Waals surface area contributed by atoms with Crippen molar-refractivity contribution in [2.45, 2.75) is 12.8 Å². The summed E-state index contributed by atoms with van der Waals surface area (Å²) in [4.78, 5) is 34.6. The van der Waals surface area contributed by atoms with Crippen molar-refractivity contribution in [1.82, 2.24) is 19.7 Å². The lowest BCUT2D eigenvalue weighted by Crippen LogP contribution is -2.52. The molecule has 2 saturated heterocycles. The number of aromatic amines is 1. The number of rotatable bonds is 6. The van der Waals surface area contributed by atoms with Crippen LogP contribution in [0.4, 0.5) is 8.78 Å². The van der Waals surface area contributed by atoms with Crippen LogP contribution in [0.15, 0.2) is 42.5 Å². The molecule has 3 heterocycles. The fourth-order valence-electron chi connectivity index (χ4n) is 4.99. The summed E-state index contributed by atoms with van der Waals surface area (Å²) in [5.74, 6) is -0.533. The molecule has 190 valence electrons. The Bertz CT molecular complexity index is 1230. The van der Waals surface area contributed by atoms with Gasteiger partial charge in [-0.25, -0.2) is 8.78 Å². The van der Waals surface area contributed by atoms with Gasteiger partial charge in [0.1, 0.15) is 11.6 Å². The average molecular weight is 497 g/mol. The minimum Gasteiger partial charge on any atom is -0.378 e. The molecule has 3 aromatic rings. The van der Waals surface area contributed by atoms with E-state index in [-0.39, 0.29) is 29.9 Å². The molecule has 2 aliphatic rings. The quantitative estimate of drug-likeness (QED) is 0.570. The maximum absolute atomic E-state index is 14.0. The number of fused-ring (bicyclic) bond motifs is 1. The number of H-pyrrole nitrogens is 1. The number of carbonyl (C=O) groups excluding carboxylic acids is 2. The van der Waals surface area contributed by atoms with E-state index in [1.165, 1.54) is 24.3 Å². The van der Waals surface area contributed by atoms with Crippen molar-refractivity contribution < 1.29 is 23.1 Å². The first-order chi connectivity index (χ1) is 17.5. The molecule has 0 radical (unpaired) electrons. The fraction of sp³-hybridized carbons (Fsp3) is 0.407. The van der Waals surface area contributed by atoms with Crippen molar-refractivity contribution in [3.63, 3.8) is 0 Å². The number of ether oxygens (including phenoxy) is 1.